The zero-order valence-corrected chi connectivity index (χ0v) is 10.5. The molecule has 1 heterocycles. The molecule has 0 nitrogen and oxygen atoms in total. The Bertz CT molecular complexity index is 311. The van der Waals surface area contributed by atoms with Gasteiger partial charge in [0.05, 0.1) is 0 Å². The molecule has 0 aliphatic carbocycles. The van der Waals surface area contributed by atoms with Crippen LogP contribution in [0.3, 0.4) is 0 Å². The Morgan fingerprint density at radius 2 is 2.13 bits per heavy atom. The summed E-state index contributed by atoms with van der Waals surface area (Å²) in [6.07, 6.45) is 4.18. The van der Waals surface area contributed by atoms with Crippen LogP contribution in [0.1, 0.15) is 55.4 Å². The van der Waals surface area contributed by atoms with E-state index < -0.39 is 0 Å². The molecule has 0 radical (unpaired) electrons. The lowest BCUT2D eigenvalue weighted by atomic mass is 9.98. The molecule has 2 rings (SSSR count). The molecule has 0 bridgehead atoms. The molecule has 1 aliphatic rings. The lowest BCUT2D eigenvalue weighted by Gasteiger charge is -2.22. The van der Waals surface area contributed by atoms with E-state index >= 15 is 0 Å². The Kier molecular flexibility index (Phi) is 3.74. The lowest BCUT2D eigenvalue weighted by Crippen LogP contribution is -2.02. The predicted octanol–water partition coefficient (Wildman–Crippen LogP) is 4.77. The first-order chi connectivity index (χ1) is 7.27. The fourth-order valence-electron chi connectivity index (χ4n) is 2.12. The van der Waals surface area contributed by atoms with Gasteiger partial charge in [-0.1, -0.05) is 44.5 Å². The van der Waals surface area contributed by atoms with E-state index in [0.717, 1.165) is 5.25 Å². The highest BCUT2D eigenvalue weighted by Crippen LogP contribution is 2.38. The molecule has 1 heteroatoms. The highest BCUT2D eigenvalue weighted by Gasteiger charge is 2.16. The Labute approximate surface area is 97.5 Å². The van der Waals surface area contributed by atoms with Crippen LogP contribution in [-0.4, -0.2) is 5.75 Å². The predicted molar refractivity (Wildman–Crippen MR) is 69.6 cm³/mol. The number of hydrogen-bond donors (Lipinski definition) is 0. The summed E-state index contributed by atoms with van der Waals surface area (Å²) >= 11 is 2.14. The third-order valence-electron chi connectivity index (χ3n) is 3.13. The lowest BCUT2D eigenvalue weighted by molar-refractivity contribution is 0.685. The van der Waals surface area contributed by atoms with Gasteiger partial charge in [-0.3, -0.25) is 0 Å². The van der Waals surface area contributed by atoms with E-state index in [4.69, 9.17) is 0 Å². The van der Waals surface area contributed by atoms with Gasteiger partial charge in [0.15, 0.2) is 0 Å². The minimum absolute atomic E-state index is 0.651. The van der Waals surface area contributed by atoms with Crippen molar-refractivity contribution in [3.8, 4) is 0 Å². The first-order valence-electron chi connectivity index (χ1n) is 5.99. The first-order valence-corrected chi connectivity index (χ1v) is 7.03. The van der Waals surface area contributed by atoms with Gasteiger partial charge < -0.3 is 0 Å². The van der Waals surface area contributed by atoms with E-state index in [2.05, 4.69) is 49.9 Å². The topological polar surface area (TPSA) is 0 Å². The summed E-state index contributed by atoms with van der Waals surface area (Å²) in [4.78, 5) is 0. The largest absolute Gasteiger partial charge is 0.154 e. The van der Waals surface area contributed by atoms with Crippen molar-refractivity contribution >= 4 is 11.8 Å². The Morgan fingerprint density at radius 3 is 2.80 bits per heavy atom. The van der Waals surface area contributed by atoms with Gasteiger partial charge in [0, 0.05) is 5.25 Å². The van der Waals surface area contributed by atoms with Gasteiger partial charge in [-0.2, -0.15) is 11.8 Å². The molecule has 1 aromatic carbocycles. The normalized spacial score (nSPS) is 21.9. The van der Waals surface area contributed by atoms with E-state index in [9.17, 15) is 0 Å². The number of thioether (sulfide) groups is 1. The highest BCUT2D eigenvalue weighted by atomic mass is 32.2. The molecule has 0 aromatic heterocycles. The molecule has 82 valence electrons. The summed E-state index contributed by atoms with van der Waals surface area (Å²) < 4.78 is 0. The maximum Gasteiger partial charge on any atom is 0.0297 e. The maximum atomic E-state index is 2.41. The van der Waals surface area contributed by atoms with Crippen LogP contribution in [0.2, 0.25) is 0 Å². The minimum Gasteiger partial charge on any atom is -0.154 e. The quantitative estimate of drug-likeness (QED) is 0.692. The molecule has 1 fully saturated rings. The zero-order chi connectivity index (χ0) is 10.7. The smallest absolute Gasteiger partial charge is 0.0297 e. The molecule has 1 atom stereocenters. The SMILES string of the molecule is CC(C)c1cccc(C2CCCCS2)c1. The monoisotopic (exact) mass is 220 g/mol. The van der Waals surface area contributed by atoms with Gasteiger partial charge in [0.25, 0.3) is 0 Å². The Morgan fingerprint density at radius 1 is 1.27 bits per heavy atom. The summed E-state index contributed by atoms with van der Waals surface area (Å²) in [5, 5.41) is 0.762. The van der Waals surface area contributed by atoms with Crippen molar-refractivity contribution in [2.24, 2.45) is 0 Å². The zero-order valence-electron chi connectivity index (χ0n) is 9.70. The van der Waals surface area contributed by atoms with E-state index in [1.807, 2.05) is 0 Å². The maximum absolute atomic E-state index is 2.41. The van der Waals surface area contributed by atoms with Gasteiger partial charge >= 0.3 is 0 Å². The molecule has 0 N–H and O–H groups in total. The van der Waals surface area contributed by atoms with E-state index in [1.54, 1.807) is 5.56 Å². The number of benzene rings is 1. The molecule has 1 saturated heterocycles. The first kappa shape index (κ1) is 11.1. The second-order valence-corrected chi connectivity index (χ2v) is 5.99. The molecule has 0 spiro atoms. The third kappa shape index (κ3) is 2.78. The second-order valence-electron chi connectivity index (χ2n) is 4.68. The fraction of sp³-hybridized carbons (Fsp3) is 0.571. The van der Waals surface area contributed by atoms with Gasteiger partial charge in [-0.05, 0) is 35.6 Å². The average Bonchev–Trinajstić information content (AvgIpc) is 2.30. The van der Waals surface area contributed by atoms with E-state index in [0.29, 0.717) is 5.92 Å². The molecule has 0 amide bonds. The minimum atomic E-state index is 0.651. The van der Waals surface area contributed by atoms with Crippen molar-refractivity contribution in [1.29, 1.82) is 0 Å². The summed E-state index contributed by atoms with van der Waals surface area (Å²) in [5.41, 5.74) is 3.03. The Hall–Kier alpha value is -0.430. The molecule has 1 unspecified atom stereocenters. The number of hydrogen-bond acceptors (Lipinski definition) is 1. The molecule has 0 saturated carbocycles. The van der Waals surface area contributed by atoms with Gasteiger partial charge in [0.1, 0.15) is 0 Å². The van der Waals surface area contributed by atoms with Crippen LogP contribution in [-0.2, 0) is 0 Å². The third-order valence-corrected chi connectivity index (χ3v) is 4.56. The van der Waals surface area contributed by atoms with Crippen molar-refractivity contribution in [3.05, 3.63) is 35.4 Å². The van der Waals surface area contributed by atoms with Crippen LogP contribution in [0, 0.1) is 0 Å². The molecule has 1 aliphatic heterocycles. The second kappa shape index (κ2) is 5.07. The van der Waals surface area contributed by atoms with E-state index in [-0.39, 0.29) is 0 Å². The molecular weight excluding hydrogens is 200 g/mol. The van der Waals surface area contributed by atoms with Crippen molar-refractivity contribution in [3.63, 3.8) is 0 Å². The van der Waals surface area contributed by atoms with Crippen LogP contribution in [0.5, 0.6) is 0 Å². The summed E-state index contributed by atoms with van der Waals surface area (Å²) in [5.74, 6) is 2.00. The fourth-order valence-corrected chi connectivity index (χ4v) is 3.45. The number of rotatable bonds is 2. The van der Waals surface area contributed by atoms with Gasteiger partial charge in [-0.25, -0.2) is 0 Å². The van der Waals surface area contributed by atoms with Crippen molar-refractivity contribution < 1.29 is 0 Å². The van der Waals surface area contributed by atoms with Crippen molar-refractivity contribution in [1.82, 2.24) is 0 Å². The van der Waals surface area contributed by atoms with Gasteiger partial charge in [-0.15, -0.1) is 0 Å². The van der Waals surface area contributed by atoms with Crippen LogP contribution in [0.4, 0.5) is 0 Å². The summed E-state index contributed by atoms with van der Waals surface area (Å²) in [6.45, 7) is 4.54. The van der Waals surface area contributed by atoms with Crippen LogP contribution >= 0.6 is 11.8 Å². The van der Waals surface area contributed by atoms with Crippen molar-refractivity contribution in [2.75, 3.05) is 5.75 Å². The summed E-state index contributed by atoms with van der Waals surface area (Å²) in [7, 11) is 0. The van der Waals surface area contributed by atoms with Gasteiger partial charge in [0.2, 0.25) is 0 Å². The molecule has 1 aromatic rings. The summed E-state index contributed by atoms with van der Waals surface area (Å²) in [6, 6.07) is 9.18. The van der Waals surface area contributed by atoms with Crippen LogP contribution in [0.15, 0.2) is 24.3 Å². The Balaban J connectivity index is 2.16. The highest BCUT2D eigenvalue weighted by molar-refractivity contribution is 7.99. The van der Waals surface area contributed by atoms with E-state index in [1.165, 1.54) is 30.6 Å². The molecular formula is C14H20S. The van der Waals surface area contributed by atoms with Crippen LogP contribution < -0.4 is 0 Å². The van der Waals surface area contributed by atoms with Crippen LogP contribution in [0.25, 0.3) is 0 Å². The van der Waals surface area contributed by atoms with Crippen molar-refractivity contribution in [2.45, 2.75) is 44.3 Å². The molecule has 15 heavy (non-hydrogen) atoms. The average molecular weight is 220 g/mol. The standard InChI is InChI=1S/C14H20S/c1-11(2)12-6-5-7-13(10-12)14-8-3-4-9-15-14/h5-7,10-11,14H,3-4,8-9H2,1-2H3.